The average molecular weight is 375 g/mol. The first-order valence-corrected chi connectivity index (χ1v) is 7.71. The summed E-state index contributed by atoms with van der Waals surface area (Å²) in [6, 6.07) is 4.23. The number of rotatable bonds is 0. The highest BCUT2D eigenvalue weighted by Crippen LogP contribution is 2.62. The second-order valence-corrected chi connectivity index (χ2v) is 6.93. The molecule has 9 heteroatoms. The van der Waals surface area contributed by atoms with Crippen molar-refractivity contribution in [2.24, 2.45) is 5.92 Å². The quantitative estimate of drug-likeness (QED) is 0.456. The molecule has 5 atom stereocenters. The fourth-order valence-electron chi connectivity index (χ4n) is 5.24. The van der Waals surface area contributed by atoms with Crippen molar-refractivity contribution >= 4 is 0 Å². The number of piperidine rings is 1. The zero-order chi connectivity index (χ0) is 14.4. The van der Waals surface area contributed by atoms with Crippen LogP contribution >= 0.6 is 0 Å². The van der Waals surface area contributed by atoms with Crippen molar-refractivity contribution < 1.29 is 42.3 Å². The first-order valence-electron chi connectivity index (χ1n) is 7.71. The van der Waals surface area contributed by atoms with Crippen molar-refractivity contribution in [3.63, 3.8) is 0 Å². The van der Waals surface area contributed by atoms with Gasteiger partial charge >= 0.3 is 0 Å². The SMILES string of the molecule is CN1CC[C@]23c4c5ccc(O)c4O[C@H]2[C@@H](O)C=C[C@H]3[C@H]1C5.O.O.O.O.O. The number of benzene rings is 1. The minimum absolute atomic E-state index is 0. The van der Waals surface area contributed by atoms with Crippen molar-refractivity contribution in [2.45, 2.75) is 36.5 Å². The molecule has 1 fully saturated rings. The third kappa shape index (κ3) is 2.44. The maximum atomic E-state index is 10.4. The first-order chi connectivity index (χ1) is 10.1. The summed E-state index contributed by atoms with van der Waals surface area (Å²) < 4.78 is 6.09. The number of aromatic hydroxyl groups is 1. The third-order valence-corrected chi connectivity index (χ3v) is 6.15. The van der Waals surface area contributed by atoms with E-state index >= 15 is 0 Å². The molecule has 1 saturated heterocycles. The molecule has 5 rings (SSSR count). The highest BCUT2D eigenvalue weighted by atomic mass is 16.5. The van der Waals surface area contributed by atoms with Gasteiger partial charge in [-0.25, -0.2) is 0 Å². The molecule has 26 heavy (non-hydrogen) atoms. The maximum absolute atomic E-state index is 10.4. The lowest BCUT2D eigenvalue weighted by Gasteiger charge is -2.56. The van der Waals surface area contributed by atoms with E-state index in [4.69, 9.17) is 4.74 Å². The Balaban J connectivity index is 0.00000125. The van der Waals surface area contributed by atoms with Gasteiger partial charge in [0.25, 0.3) is 0 Å². The smallest absolute Gasteiger partial charge is 0.165 e. The molecule has 0 unspecified atom stereocenters. The van der Waals surface area contributed by atoms with Gasteiger partial charge in [-0.15, -0.1) is 0 Å². The van der Waals surface area contributed by atoms with Gasteiger partial charge in [-0.3, -0.25) is 0 Å². The number of phenolic OH excluding ortho intramolecular Hbond substituents is 1. The summed E-state index contributed by atoms with van der Waals surface area (Å²) in [5.74, 6) is 1.19. The number of likely N-dealkylation sites (tertiary alicyclic amines) is 1. The zero-order valence-corrected chi connectivity index (χ0v) is 14.5. The van der Waals surface area contributed by atoms with Crippen LogP contribution in [0.15, 0.2) is 24.3 Å². The molecule has 1 aromatic carbocycles. The second kappa shape index (κ2) is 7.49. The van der Waals surface area contributed by atoms with E-state index in [2.05, 4.69) is 18.0 Å². The fourth-order valence-corrected chi connectivity index (χ4v) is 5.24. The molecule has 9 nitrogen and oxygen atoms in total. The Hall–Kier alpha value is -1.72. The van der Waals surface area contributed by atoms with Crippen LogP contribution in [0.2, 0.25) is 0 Å². The van der Waals surface area contributed by atoms with Gasteiger partial charge in [-0.2, -0.15) is 0 Å². The molecule has 0 saturated carbocycles. The van der Waals surface area contributed by atoms with Crippen LogP contribution in [0.5, 0.6) is 11.5 Å². The van der Waals surface area contributed by atoms with E-state index in [9.17, 15) is 10.2 Å². The Labute approximate surface area is 151 Å². The number of likely N-dealkylation sites (N-methyl/N-ethyl adjacent to an activating group) is 1. The number of aliphatic hydroxyl groups is 1. The van der Waals surface area contributed by atoms with E-state index in [1.165, 1.54) is 11.1 Å². The number of nitrogens with zero attached hydrogens (tertiary/aromatic N) is 1. The number of ether oxygens (including phenoxy) is 1. The summed E-state index contributed by atoms with van der Waals surface area (Å²) in [5.41, 5.74) is 2.29. The van der Waals surface area contributed by atoms with E-state index in [0.717, 1.165) is 19.4 Å². The summed E-state index contributed by atoms with van der Waals surface area (Å²) in [6.07, 6.45) is 5.18. The number of aliphatic hydroxyl groups excluding tert-OH is 1. The molecule has 2 aliphatic carbocycles. The average Bonchev–Trinajstić information content (AvgIpc) is 2.83. The van der Waals surface area contributed by atoms with Crippen molar-refractivity contribution in [3.05, 3.63) is 35.4 Å². The molecule has 0 radical (unpaired) electrons. The van der Waals surface area contributed by atoms with Gasteiger partial charge in [0, 0.05) is 22.9 Å². The molecule has 1 aromatic rings. The molecule has 0 aromatic heterocycles. The summed E-state index contributed by atoms with van der Waals surface area (Å²) >= 11 is 0. The van der Waals surface area contributed by atoms with E-state index in [-0.39, 0.29) is 44.6 Å². The Kier molecular flexibility index (Phi) is 6.99. The largest absolute Gasteiger partial charge is 0.504 e. The van der Waals surface area contributed by atoms with Gasteiger partial charge in [0.2, 0.25) is 0 Å². The lowest BCUT2D eigenvalue weighted by molar-refractivity contribution is -0.0453. The molecule has 150 valence electrons. The summed E-state index contributed by atoms with van der Waals surface area (Å²) in [4.78, 5) is 2.43. The van der Waals surface area contributed by atoms with Crippen LogP contribution in [-0.4, -0.2) is 74.3 Å². The number of hydrogen-bond acceptors (Lipinski definition) is 4. The van der Waals surface area contributed by atoms with Crippen molar-refractivity contribution in [3.8, 4) is 11.5 Å². The van der Waals surface area contributed by atoms with Crippen molar-refractivity contribution in [1.29, 1.82) is 0 Å². The van der Waals surface area contributed by atoms with Gasteiger partial charge < -0.3 is 47.2 Å². The van der Waals surface area contributed by atoms with Gasteiger partial charge in [-0.05, 0) is 38.1 Å². The number of phenols is 1. The second-order valence-electron chi connectivity index (χ2n) is 6.93. The summed E-state index contributed by atoms with van der Waals surface area (Å²) in [7, 11) is 2.19. The minimum Gasteiger partial charge on any atom is -0.504 e. The van der Waals surface area contributed by atoms with Gasteiger partial charge in [0.1, 0.15) is 12.2 Å². The topological polar surface area (TPSA) is 210 Å². The molecule has 0 amide bonds. The van der Waals surface area contributed by atoms with Crippen LogP contribution in [0.25, 0.3) is 0 Å². The maximum Gasteiger partial charge on any atom is 0.165 e. The number of hydrogen-bond donors (Lipinski definition) is 2. The fraction of sp³-hybridized carbons (Fsp3) is 0.529. The van der Waals surface area contributed by atoms with E-state index in [1.807, 2.05) is 12.1 Å². The molecule has 1 spiro atoms. The van der Waals surface area contributed by atoms with Gasteiger partial charge in [-0.1, -0.05) is 18.2 Å². The molecule has 2 heterocycles. The van der Waals surface area contributed by atoms with Gasteiger partial charge in [0.15, 0.2) is 11.5 Å². The molecule has 4 aliphatic rings. The lowest BCUT2D eigenvalue weighted by Crippen LogP contribution is -2.64. The van der Waals surface area contributed by atoms with E-state index in [0.29, 0.717) is 17.7 Å². The molecule has 12 N–H and O–H groups in total. The Morgan fingerprint density at radius 1 is 1.12 bits per heavy atom. The Morgan fingerprint density at radius 2 is 1.81 bits per heavy atom. The standard InChI is InChI=1S/C17H19NO3.5H2O/c1-18-7-6-17-10-3-5-13(20)16(17)21-15-12(19)4-2-9(14(15)17)8-11(10)18;;;;;/h2-5,10-11,13,16,19-20H,6-8H2,1H3;5*1H2/t10-,11+,13-,16-,17-;;;;;/m0...../s1. The summed E-state index contributed by atoms with van der Waals surface area (Å²) in [5, 5.41) is 20.6. The van der Waals surface area contributed by atoms with Crippen LogP contribution in [-0.2, 0) is 11.8 Å². The third-order valence-electron chi connectivity index (χ3n) is 6.15. The van der Waals surface area contributed by atoms with Crippen molar-refractivity contribution in [1.82, 2.24) is 4.90 Å². The summed E-state index contributed by atoms with van der Waals surface area (Å²) in [6.45, 7) is 1.01. The first kappa shape index (κ1) is 24.3. The minimum atomic E-state index is -0.594. The predicted molar refractivity (Wildman–Crippen MR) is 95.6 cm³/mol. The molecular weight excluding hydrogens is 346 g/mol. The highest BCUT2D eigenvalue weighted by Gasteiger charge is 2.64. The van der Waals surface area contributed by atoms with Crippen molar-refractivity contribution in [2.75, 3.05) is 13.6 Å². The van der Waals surface area contributed by atoms with Crippen LogP contribution < -0.4 is 4.74 Å². The lowest BCUT2D eigenvalue weighted by atomic mass is 9.53. The highest BCUT2D eigenvalue weighted by molar-refractivity contribution is 5.61. The van der Waals surface area contributed by atoms with E-state index in [1.54, 1.807) is 6.07 Å². The Bertz CT molecular complexity index is 681. The predicted octanol–water partition coefficient (Wildman–Crippen LogP) is -2.93. The van der Waals surface area contributed by atoms with Gasteiger partial charge in [0.05, 0.1) is 0 Å². The molecule has 2 aliphatic heterocycles. The molecular formula is C17H29NO8. The van der Waals surface area contributed by atoms with Crippen LogP contribution in [0.1, 0.15) is 17.5 Å². The monoisotopic (exact) mass is 375 g/mol. The normalized spacial score (nSPS) is 34.4. The Morgan fingerprint density at radius 3 is 2.50 bits per heavy atom. The van der Waals surface area contributed by atoms with Crippen LogP contribution in [0.4, 0.5) is 0 Å². The van der Waals surface area contributed by atoms with Crippen LogP contribution in [0, 0.1) is 5.92 Å². The van der Waals surface area contributed by atoms with Crippen LogP contribution in [0.3, 0.4) is 0 Å². The zero-order valence-electron chi connectivity index (χ0n) is 14.5. The molecule has 2 bridgehead atoms. The van der Waals surface area contributed by atoms with E-state index < -0.39 is 6.10 Å².